The zero-order valence-electron chi connectivity index (χ0n) is 12.2. The molecule has 0 spiro atoms. The number of nitrogens with one attached hydrogen (secondary N) is 1. The van der Waals surface area contributed by atoms with Gasteiger partial charge in [-0.15, -0.1) is 0 Å². The summed E-state index contributed by atoms with van der Waals surface area (Å²) in [6, 6.07) is 4.54. The first-order chi connectivity index (χ1) is 10.3. The van der Waals surface area contributed by atoms with Crippen molar-refractivity contribution in [1.82, 2.24) is 4.90 Å². The Morgan fingerprint density at radius 3 is 2.82 bits per heavy atom. The highest BCUT2D eigenvalue weighted by molar-refractivity contribution is 5.92. The monoisotopic (exact) mass is 316 g/mol. The molecular formula is C15H19F3N2O2. The molecule has 1 saturated heterocycles. The van der Waals surface area contributed by atoms with E-state index < -0.39 is 17.8 Å². The standard InChI is InChI=1S/C15H19F3N2O2/c1-10-5-6-20(8-13(10)21)9-14(22)19-12-4-2-3-11(7-12)15(16,17)18/h2-4,7,10,13,21H,5-6,8-9H2,1H3,(H,19,22). The molecule has 1 aliphatic heterocycles. The number of rotatable bonds is 3. The average Bonchev–Trinajstić information content (AvgIpc) is 2.42. The molecule has 1 amide bonds. The second-order valence-electron chi connectivity index (χ2n) is 5.70. The maximum absolute atomic E-state index is 12.6. The van der Waals surface area contributed by atoms with Gasteiger partial charge in [-0.25, -0.2) is 0 Å². The number of carbonyl (C=O) groups excluding carboxylic acids is 1. The van der Waals surface area contributed by atoms with Crippen molar-refractivity contribution < 1.29 is 23.1 Å². The molecular weight excluding hydrogens is 297 g/mol. The highest BCUT2D eigenvalue weighted by atomic mass is 19.4. The van der Waals surface area contributed by atoms with Crippen LogP contribution < -0.4 is 5.32 Å². The number of nitrogens with zero attached hydrogens (tertiary/aromatic N) is 1. The highest BCUT2D eigenvalue weighted by Gasteiger charge is 2.30. The second-order valence-corrected chi connectivity index (χ2v) is 5.70. The van der Waals surface area contributed by atoms with E-state index in [0.29, 0.717) is 13.1 Å². The van der Waals surface area contributed by atoms with Gasteiger partial charge >= 0.3 is 6.18 Å². The van der Waals surface area contributed by atoms with Gasteiger partial charge in [0.1, 0.15) is 0 Å². The zero-order valence-corrected chi connectivity index (χ0v) is 12.2. The number of carbonyl (C=O) groups is 1. The Hall–Kier alpha value is -1.60. The maximum atomic E-state index is 12.6. The van der Waals surface area contributed by atoms with Crippen LogP contribution >= 0.6 is 0 Å². The smallest absolute Gasteiger partial charge is 0.392 e. The normalized spacial score (nSPS) is 23.3. The van der Waals surface area contributed by atoms with Crippen molar-refractivity contribution in [2.24, 2.45) is 5.92 Å². The summed E-state index contributed by atoms with van der Waals surface area (Å²) in [4.78, 5) is 13.7. The molecule has 1 fully saturated rings. The quantitative estimate of drug-likeness (QED) is 0.900. The number of hydrogen-bond donors (Lipinski definition) is 2. The van der Waals surface area contributed by atoms with Crippen LogP contribution in [0.15, 0.2) is 24.3 Å². The predicted octanol–water partition coefficient (Wildman–Crippen LogP) is 2.35. The Morgan fingerprint density at radius 2 is 2.18 bits per heavy atom. The minimum Gasteiger partial charge on any atom is -0.392 e. The third-order valence-electron chi connectivity index (χ3n) is 3.84. The van der Waals surface area contributed by atoms with Crippen molar-refractivity contribution in [1.29, 1.82) is 0 Å². The molecule has 2 atom stereocenters. The van der Waals surface area contributed by atoms with Crippen LogP contribution in [0.5, 0.6) is 0 Å². The average molecular weight is 316 g/mol. The number of likely N-dealkylation sites (tertiary alicyclic amines) is 1. The first-order valence-electron chi connectivity index (χ1n) is 7.13. The van der Waals surface area contributed by atoms with E-state index in [9.17, 15) is 23.1 Å². The summed E-state index contributed by atoms with van der Waals surface area (Å²) in [6.07, 6.45) is -4.12. The van der Waals surface area contributed by atoms with Gasteiger partial charge in [-0.3, -0.25) is 9.69 Å². The zero-order chi connectivity index (χ0) is 16.3. The summed E-state index contributed by atoms with van der Waals surface area (Å²) in [5.41, 5.74) is -0.682. The molecule has 2 unspecified atom stereocenters. The summed E-state index contributed by atoms with van der Waals surface area (Å²) < 4.78 is 37.8. The van der Waals surface area contributed by atoms with E-state index in [0.717, 1.165) is 18.6 Å². The minimum absolute atomic E-state index is 0.0556. The van der Waals surface area contributed by atoms with Crippen molar-refractivity contribution in [2.75, 3.05) is 25.0 Å². The largest absolute Gasteiger partial charge is 0.416 e. The molecule has 1 aliphatic rings. The third-order valence-corrected chi connectivity index (χ3v) is 3.84. The van der Waals surface area contributed by atoms with Crippen LogP contribution in [0.1, 0.15) is 18.9 Å². The maximum Gasteiger partial charge on any atom is 0.416 e. The predicted molar refractivity (Wildman–Crippen MR) is 76.3 cm³/mol. The van der Waals surface area contributed by atoms with Crippen LogP contribution in [0.2, 0.25) is 0 Å². The number of halogens is 3. The van der Waals surface area contributed by atoms with Crippen LogP contribution in [-0.2, 0) is 11.0 Å². The van der Waals surface area contributed by atoms with Gasteiger partial charge in [0.25, 0.3) is 0 Å². The Balaban J connectivity index is 1.92. The Kier molecular flexibility index (Phi) is 5.08. The summed E-state index contributed by atoms with van der Waals surface area (Å²) in [5, 5.41) is 12.2. The number of hydrogen-bond acceptors (Lipinski definition) is 3. The molecule has 0 aliphatic carbocycles. The van der Waals surface area contributed by atoms with Crippen LogP contribution in [-0.4, -0.2) is 41.7 Å². The summed E-state index contributed by atoms with van der Waals surface area (Å²) in [7, 11) is 0. The van der Waals surface area contributed by atoms with E-state index in [1.807, 2.05) is 6.92 Å². The SMILES string of the molecule is CC1CCN(CC(=O)Nc2cccc(C(F)(F)F)c2)CC1O. The van der Waals surface area contributed by atoms with Gasteiger partial charge in [0.05, 0.1) is 18.2 Å². The molecule has 1 aromatic carbocycles. The summed E-state index contributed by atoms with van der Waals surface area (Å²) in [5.74, 6) is -0.191. The number of piperidine rings is 1. The molecule has 2 rings (SSSR count). The molecule has 2 N–H and O–H groups in total. The lowest BCUT2D eigenvalue weighted by molar-refractivity contribution is -0.137. The van der Waals surface area contributed by atoms with E-state index in [-0.39, 0.29) is 24.1 Å². The Bertz CT molecular complexity index is 534. The van der Waals surface area contributed by atoms with Gasteiger partial charge in [-0.1, -0.05) is 13.0 Å². The fourth-order valence-electron chi connectivity index (χ4n) is 2.43. The number of aliphatic hydroxyl groups excluding tert-OH is 1. The van der Waals surface area contributed by atoms with Gasteiger partial charge in [0, 0.05) is 12.2 Å². The molecule has 1 heterocycles. The van der Waals surface area contributed by atoms with Crippen molar-refractivity contribution in [3.8, 4) is 0 Å². The Labute approximate surface area is 126 Å². The molecule has 1 aromatic rings. The fraction of sp³-hybridized carbons (Fsp3) is 0.533. The number of alkyl halides is 3. The highest BCUT2D eigenvalue weighted by Crippen LogP contribution is 2.30. The first kappa shape index (κ1) is 16.8. The number of aliphatic hydroxyl groups is 1. The van der Waals surface area contributed by atoms with E-state index in [1.54, 1.807) is 4.90 Å². The molecule has 0 saturated carbocycles. The second kappa shape index (κ2) is 6.66. The van der Waals surface area contributed by atoms with Crippen LogP contribution in [0, 0.1) is 5.92 Å². The van der Waals surface area contributed by atoms with Crippen molar-refractivity contribution >= 4 is 11.6 Å². The lowest BCUT2D eigenvalue weighted by Crippen LogP contribution is -2.45. The van der Waals surface area contributed by atoms with Crippen LogP contribution in [0.3, 0.4) is 0 Å². The molecule has 0 bridgehead atoms. The first-order valence-corrected chi connectivity index (χ1v) is 7.13. The van der Waals surface area contributed by atoms with Crippen molar-refractivity contribution in [3.05, 3.63) is 29.8 Å². The number of anilines is 1. The van der Waals surface area contributed by atoms with Gasteiger partial charge in [-0.2, -0.15) is 13.2 Å². The number of amides is 1. The van der Waals surface area contributed by atoms with E-state index in [1.165, 1.54) is 12.1 Å². The summed E-state index contributed by atoms with van der Waals surface area (Å²) in [6.45, 7) is 3.09. The molecule has 0 aromatic heterocycles. The van der Waals surface area contributed by atoms with E-state index in [4.69, 9.17) is 0 Å². The molecule has 122 valence electrons. The van der Waals surface area contributed by atoms with Gasteiger partial charge in [0.15, 0.2) is 0 Å². The van der Waals surface area contributed by atoms with Gasteiger partial charge in [-0.05, 0) is 37.1 Å². The molecule has 7 heteroatoms. The molecule has 4 nitrogen and oxygen atoms in total. The van der Waals surface area contributed by atoms with Crippen molar-refractivity contribution in [3.63, 3.8) is 0 Å². The van der Waals surface area contributed by atoms with E-state index >= 15 is 0 Å². The lowest BCUT2D eigenvalue weighted by Gasteiger charge is -2.33. The Morgan fingerprint density at radius 1 is 1.45 bits per heavy atom. The van der Waals surface area contributed by atoms with Crippen molar-refractivity contribution in [2.45, 2.75) is 25.6 Å². The topological polar surface area (TPSA) is 52.6 Å². The van der Waals surface area contributed by atoms with Gasteiger partial charge < -0.3 is 10.4 Å². The molecule has 0 radical (unpaired) electrons. The number of β-amino-alcohol motifs (C(OH)–C–C–N with tert-alkyl or cyclic N) is 1. The minimum atomic E-state index is -4.44. The van der Waals surface area contributed by atoms with Gasteiger partial charge in [0.2, 0.25) is 5.91 Å². The molecule has 22 heavy (non-hydrogen) atoms. The third kappa shape index (κ3) is 4.45. The van der Waals surface area contributed by atoms with Crippen LogP contribution in [0.25, 0.3) is 0 Å². The van der Waals surface area contributed by atoms with Crippen LogP contribution in [0.4, 0.5) is 18.9 Å². The lowest BCUT2D eigenvalue weighted by atomic mass is 9.96. The number of benzene rings is 1. The fourth-order valence-corrected chi connectivity index (χ4v) is 2.43. The summed E-state index contributed by atoms with van der Waals surface area (Å²) >= 11 is 0. The van der Waals surface area contributed by atoms with E-state index in [2.05, 4.69) is 5.32 Å².